The number of piperazine rings is 1. The molecule has 1 aliphatic rings. The average Bonchev–Trinajstić information content (AvgIpc) is 2.17. The smallest absolute Gasteiger partial charge is 0.296 e. The summed E-state index contributed by atoms with van der Waals surface area (Å²) in [6, 6.07) is 0. The van der Waals surface area contributed by atoms with E-state index in [0.717, 1.165) is 32.7 Å². The summed E-state index contributed by atoms with van der Waals surface area (Å²) in [4.78, 5) is 13.4. The minimum absolute atomic E-state index is 0.263. The summed E-state index contributed by atoms with van der Waals surface area (Å²) in [6.45, 7) is 8.89. The standard InChI is InChI=1S/C11H19N3O/c1-4-10(15)13-11(2,3)9-14-7-5-12-6-8-14/h1,12H,5-9H2,2-3H3,(H,13,15). The van der Waals surface area contributed by atoms with E-state index >= 15 is 0 Å². The molecule has 1 heterocycles. The topological polar surface area (TPSA) is 44.4 Å². The molecule has 0 spiro atoms. The van der Waals surface area contributed by atoms with Gasteiger partial charge in [-0.15, -0.1) is 6.42 Å². The number of carbonyl (C=O) groups excluding carboxylic acids is 1. The Bertz CT molecular complexity index is 261. The predicted molar refractivity (Wildman–Crippen MR) is 60.4 cm³/mol. The Kier molecular flexibility index (Phi) is 4.13. The number of hydrogen-bond donors (Lipinski definition) is 2. The van der Waals surface area contributed by atoms with Crippen LogP contribution in [0.1, 0.15) is 13.8 Å². The Balaban J connectivity index is 2.40. The summed E-state index contributed by atoms with van der Waals surface area (Å²) < 4.78 is 0. The van der Waals surface area contributed by atoms with Crippen LogP contribution in [0.5, 0.6) is 0 Å². The van der Waals surface area contributed by atoms with Crippen molar-refractivity contribution in [3.63, 3.8) is 0 Å². The highest BCUT2D eigenvalue weighted by atomic mass is 16.1. The van der Waals surface area contributed by atoms with E-state index in [1.54, 1.807) is 0 Å². The second kappa shape index (κ2) is 5.15. The maximum absolute atomic E-state index is 11.1. The highest BCUT2D eigenvalue weighted by Crippen LogP contribution is 2.06. The highest BCUT2D eigenvalue weighted by molar-refractivity contribution is 5.93. The van der Waals surface area contributed by atoms with Crippen LogP contribution >= 0.6 is 0 Å². The number of hydrogen-bond acceptors (Lipinski definition) is 3. The molecule has 1 aliphatic heterocycles. The molecule has 15 heavy (non-hydrogen) atoms. The van der Waals surface area contributed by atoms with E-state index in [1.165, 1.54) is 0 Å². The molecule has 0 aromatic rings. The summed E-state index contributed by atoms with van der Waals surface area (Å²) in [5, 5.41) is 6.11. The quantitative estimate of drug-likeness (QED) is 0.611. The lowest BCUT2D eigenvalue weighted by Gasteiger charge is -2.35. The molecule has 0 saturated carbocycles. The van der Waals surface area contributed by atoms with Crippen molar-refractivity contribution in [3.05, 3.63) is 0 Å². The van der Waals surface area contributed by atoms with Crippen LogP contribution in [0.15, 0.2) is 0 Å². The van der Waals surface area contributed by atoms with E-state index in [-0.39, 0.29) is 11.4 Å². The van der Waals surface area contributed by atoms with Crippen LogP contribution in [0.4, 0.5) is 0 Å². The van der Waals surface area contributed by atoms with E-state index in [9.17, 15) is 4.79 Å². The number of terminal acetylenes is 1. The van der Waals surface area contributed by atoms with Crippen LogP contribution < -0.4 is 10.6 Å². The van der Waals surface area contributed by atoms with Gasteiger partial charge in [-0.05, 0) is 19.8 Å². The van der Waals surface area contributed by atoms with Crippen molar-refractivity contribution in [3.8, 4) is 12.3 Å². The van der Waals surface area contributed by atoms with Gasteiger partial charge < -0.3 is 10.6 Å². The Morgan fingerprint density at radius 2 is 2.13 bits per heavy atom. The van der Waals surface area contributed by atoms with Gasteiger partial charge >= 0.3 is 0 Å². The van der Waals surface area contributed by atoms with E-state index in [2.05, 4.69) is 21.5 Å². The summed E-state index contributed by atoms with van der Waals surface area (Å²) in [7, 11) is 0. The van der Waals surface area contributed by atoms with Crippen molar-refractivity contribution in [1.29, 1.82) is 0 Å². The molecule has 1 fully saturated rings. The first-order valence-electron chi connectivity index (χ1n) is 5.25. The molecular weight excluding hydrogens is 190 g/mol. The van der Waals surface area contributed by atoms with Crippen molar-refractivity contribution < 1.29 is 4.79 Å². The maximum Gasteiger partial charge on any atom is 0.296 e. The number of rotatable bonds is 3. The van der Waals surface area contributed by atoms with Crippen LogP contribution in [0.3, 0.4) is 0 Å². The number of carbonyl (C=O) groups is 1. The first-order valence-corrected chi connectivity index (χ1v) is 5.25. The predicted octanol–water partition coefficient (Wildman–Crippen LogP) is -0.580. The molecule has 84 valence electrons. The van der Waals surface area contributed by atoms with Gasteiger partial charge in [-0.1, -0.05) is 0 Å². The lowest BCUT2D eigenvalue weighted by Crippen LogP contribution is -2.55. The molecule has 0 aliphatic carbocycles. The summed E-state index contributed by atoms with van der Waals surface area (Å²) in [5.74, 6) is 1.74. The second-order valence-electron chi connectivity index (χ2n) is 4.51. The number of amides is 1. The summed E-state index contributed by atoms with van der Waals surface area (Å²) in [5.41, 5.74) is -0.263. The van der Waals surface area contributed by atoms with Crippen molar-refractivity contribution in [1.82, 2.24) is 15.5 Å². The molecule has 4 nitrogen and oxygen atoms in total. The zero-order valence-electron chi connectivity index (χ0n) is 9.47. The largest absolute Gasteiger partial charge is 0.339 e. The molecule has 0 aromatic heterocycles. The SMILES string of the molecule is C#CC(=O)NC(C)(C)CN1CCNCC1. The third kappa shape index (κ3) is 4.32. The van der Waals surface area contributed by atoms with Gasteiger partial charge in [0.2, 0.25) is 0 Å². The zero-order chi connectivity index (χ0) is 11.3. The van der Waals surface area contributed by atoms with E-state index in [0.29, 0.717) is 0 Å². The van der Waals surface area contributed by atoms with Gasteiger partial charge in [0, 0.05) is 38.3 Å². The van der Waals surface area contributed by atoms with Gasteiger partial charge in [0.25, 0.3) is 5.91 Å². The van der Waals surface area contributed by atoms with Gasteiger partial charge in [0.05, 0.1) is 0 Å². The Hall–Kier alpha value is -1.05. The van der Waals surface area contributed by atoms with Gasteiger partial charge in [0.1, 0.15) is 0 Å². The minimum atomic E-state index is -0.338. The third-order valence-electron chi connectivity index (χ3n) is 2.41. The molecule has 0 bridgehead atoms. The Labute approximate surface area is 91.4 Å². The first kappa shape index (κ1) is 12.0. The lowest BCUT2D eigenvalue weighted by atomic mass is 10.0. The number of nitrogens with zero attached hydrogens (tertiary/aromatic N) is 1. The highest BCUT2D eigenvalue weighted by Gasteiger charge is 2.23. The second-order valence-corrected chi connectivity index (χ2v) is 4.51. The van der Waals surface area contributed by atoms with Crippen LogP contribution in [0, 0.1) is 12.3 Å². The minimum Gasteiger partial charge on any atom is -0.339 e. The third-order valence-corrected chi connectivity index (χ3v) is 2.41. The fraction of sp³-hybridized carbons (Fsp3) is 0.727. The van der Waals surface area contributed by atoms with E-state index < -0.39 is 0 Å². The molecule has 2 N–H and O–H groups in total. The molecule has 1 amide bonds. The first-order chi connectivity index (χ1) is 7.03. The Morgan fingerprint density at radius 1 is 1.53 bits per heavy atom. The molecule has 0 radical (unpaired) electrons. The normalized spacial score (nSPS) is 18.2. The van der Waals surface area contributed by atoms with Gasteiger partial charge in [0.15, 0.2) is 0 Å². The average molecular weight is 209 g/mol. The van der Waals surface area contributed by atoms with Crippen LogP contribution in [-0.2, 0) is 4.79 Å². The van der Waals surface area contributed by atoms with Gasteiger partial charge in [-0.25, -0.2) is 0 Å². The van der Waals surface area contributed by atoms with Crippen molar-refractivity contribution in [2.75, 3.05) is 32.7 Å². The van der Waals surface area contributed by atoms with Gasteiger partial charge in [-0.3, -0.25) is 9.69 Å². The van der Waals surface area contributed by atoms with Crippen molar-refractivity contribution in [2.24, 2.45) is 0 Å². The maximum atomic E-state index is 11.1. The van der Waals surface area contributed by atoms with E-state index in [4.69, 9.17) is 6.42 Å². The molecule has 0 unspecified atom stereocenters. The fourth-order valence-electron chi connectivity index (χ4n) is 1.81. The van der Waals surface area contributed by atoms with Crippen molar-refractivity contribution >= 4 is 5.91 Å². The summed E-state index contributed by atoms with van der Waals surface area (Å²) >= 11 is 0. The molecule has 0 atom stereocenters. The molecule has 1 rings (SSSR count). The number of nitrogens with one attached hydrogen (secondary N) is 2. The van der Waals surface area contributed by atoms with Gasteiger partial charge in [-0.2, -0.15) is 0 Å². The molecule has 4 heteroatoms. The van der Waals surface area contributed by atoms with Crippen molar-refractivity contribution in [2.45, 2.75) is 19.4 Å². The van der Waals surface area contributed by atoms with Crippen LogP contribution in [-0.4, -0.2) is 49.1 Å². The summed E-state index contributed by atoms with van der Waals surface area (Å²) in [6.07, 6.45) is 5.03. The zero-order valence-corrected chi connectivity index (χ0v) is 9.47. The Morgan fingerprint density at radius 3 is 2.67 bits per heavy atom. The lowest BCUT2D eigenvalue weighted by molar-refractivity contribution is -0.117. The molecule has 1 saturated heterocycles. The van der Waals surface area contributed by atoms with Crippen LogP contribution in [0.25, 0.3) is 0 Å². The van der Waals surface area contributed by atoms with E-state index in [1.807, 2.05) is 13.8 Å². The monoisotopic (exact) mass is 209 g/mol. The fourth-order valence-corrected chi connectivity index (χ4v) is 1.81. The molecular formula is C11H19N3O. The van der Waals surface area contributed by atoms with Crippen LogP contribution in [0.2, 0.25) is 0 Å². The molecule has 0 aromatic carbocycles.